The van der Waals surface area contributed by atoms with Crippen molar-refractivity contribution in [1.29, 1.82) is 0 Å². The van der Waals surface area contributed by atoms with Crippen LogP contribution in [-0.4, -0.2) is 36.0 Å². The molecule has 0 aromatic carbocycles. The van der Waals surface area contributed by atoms with Crippen molar-refractivity contribution in [2.24, 2.45) is 7.05 Å². The summed E-state index contributed by atoms with van der Waals surface area (Å²) in [5.41, 5.74) is 1.32. The van der Waals surface area contributed by atoms with E-state index >= 15 is 0 Å². The van der Waals surface area contributed by atoms with Gasteiger partial charge in [0.2, 0.25) is 0 Å². The van der Waals surface area contributed by atoms with Gasteiger partial charge in [0.15, 0.2) is 11.6 Å². The van der Waals surface area contributed by atoms with Crippen LogP contribution >= 0.6 is 0 Å². The van der Waals surface area contributed by atoms with E-state index in [1.165, 1.54) is 0 Å². The molecule has 0 aliphatic carbocycles. The van der Waals surface area contributed by atoms with Gasteiger partial charge in [-0.05, 0) is 26.3 Å². The van der Waals surface area contributed by atoms with Gasteiger partial charge in [0.1, 0.15) is 11.9 Å². The van der Waals surface area contributed by atoms with E-state index in [0.29, 0.717) is 17.1 Å². The van der Waals surface area contributed by atoms with E-state index in [1.54, 1.807) is 24.7 Å². The fourth-order valence-corrected chi connectivity index (χ4v) is 1.93. The molecule has 0 bridgehead atoms. The van der Waals surface area contributed by atoms with E-state index < -0.39 is 5.97 Å². The van der Waals surface area contributed by atoms with Crippen LogP contribution in [0, 0.1) is 13.8 Å². The summed E-state index contributed by atoms with van der Waals surface area (Å²) in [5, 5.41) is 28.0. The van der Waals surface area contributed by atoms with Crippen LogP contribution in [0.1, 0.15) is 40.4 Å². The summed E-state index contributed by atoms with van der Waals surface area (Å²) in [4.78, 5) is 11.4. The predicted molar refractivity (Wildman–Crippen MR) is 71.5 cm³/mol. The van der Waals surface area contributed by atoms with Gasteiger partial charge < -0.3 is 15.0 Å². The lowest BCUT2D eigenvalue weighted by molar-refractivity contribution is 0.0696. The van der Waals surface area contributed by atoms with Gasteiger partial charge in [0.25, 0.3) is 0 Å². The maximum atomic E-state index is 11.4. The van der Waals surface area contributed by atoms with Crippen molar-refractivity contribution in [2.75, 3.05) is 5.32 Å². The number of carboxylic acid groups (broad SMARTS) is 1. The molecule has 0 fully saturated rings. The molecule has 0 spiro atoms. The number of nitrogens with one attached hydrogen (secondary N) is 1. The first-order valence-electron chi connectivity index (χ1n) is 6.09. The SMILES string of the molecule is Cc1nnc(NC(C)c2nncn2C)c(C(=O)O)c1C. The van der Waals surface area contributed by atoms with Crippen molar-refractivity contribution in [3.05, 3.63) is 29.0 Å². The maximum Gasteiger partial charge on any atom is 0.339 e. The molecule has 8 heteroatoms. The molecule has 2 N–H and O–H groups in total. The fourth-order valence-electron chi connectivity index (χ4n) is 1.93. The molecule has 1 unspecified atom stereocenters. The minimum absolute atomic E-state index is 0.131. The summed E-state index contributed by atoms with van der Waals surface area (Å²) >= 11 is 0. The molecule has 0 radical (unpaired) electrons. The second kappa shape index (κ2) is 5.24. The van der Waals surface area contributed by atoms with Crippen LogP contribution in [-0.2, 0) is 7.05 Å². The highest BCUT2D eigenvalue weighted by Crippen LogP contribution is 2.22. The lowest BCUT2D eigenvalue weighted by Gasteiger charge is -2.16. The topological polar surface area (TPSA) is 106 Å². The average Bonchev–Trinajstić information content (AvgIpc) is 2.80. The number of hydrogen-bond donors (Lipinski definition) is 2. The van der Waals surface area contributed by atoms with Crippen molar-refractivity contribution in [3.8, 4) is 0 Å². The number of aromatic carboxylic acids is 1. The van der Waals surface area contributed by atoms with Crippen LogP contribution < -0.4 is 5.32 Å². The Labute approximate surface area is 115 Å². The normalized spacial score (nSPS) is 12.2. The molecule has 2 heterocycles. The molecule has 1 atom stereocenters. The zero-order chi connectivity index (χ0) is 14.9. The number of carboxylic acids is 1. The zero-order valence-corrected chi connectivity index (χ0v) is 11.7. The van der Waals surface area contributed by atoms with E-state index in [0.717, 1.165) is 0 Å². The zero-order valence-electron chi connectivity index (χ0n) is 11.7. The number of rotatable bonds is 4. The third kappa shape index (κ3) is 2.44. The monoisotopic (exact) mass is 276 g/mol. The average molecular weight is 276 g/mol. The Hall–Kier alpha value is -2.51. The summed E-state index contributed by atoms with van der Waals surface area (Å²) in [6, 6.07) is -0.239. The third-order valence-corrected chi connectivity index (χ3v) is 3.16. The Balaban J connectivity index is 2.37. The molecular formula is C12H16N6O2. The number of aromatic nitrogens is 5. The number of anilines is 1. The molecule has 2 aromatic rings. The van der Waals surface area contributed by atoms with Gasteiger partial charge in [-0.15, -0.1) is 15.3 Å². The van der Waals surface area contributed by atoms with E-state index in [9.17, 15) is 9.90 Å². The Bertz CT molecular complexity index is 651. The molecule has 0 aliphatic heterocycles. The van der Waals surface area contributed by atoms with E-state index in [2.05, 4.69) is 25.7 Å². The summed E-state index contributed by atoms with van der Waals surface area (Å²) in [7, 11) is 1.82. The summed E-state index contributed by atoms with van der Waals surface area (Å²) in [6.45, 7) is 5.29. The molecule has 0 saturated heterocycles. The van der Waals surface area contributed by atoms with Gasteiger partial charge in [-0.2, -0.15) is 5.10 Å². The molecular weight excluding hydrogens is 260 g/mol. The second-order valence-electron chi connectivity index (χ2n) is 4.61. The first-order chi connectivity index (χ1) is 9.41. The highest BCUT2D eigenvalue weighted by molar-refractivity contribution is 5.94. The molecule has 2 aromatic heterocycles. The number of aryl methyl sites for hydroxylation is 2. The van der Waals surface area contributed by atoms with Gasteiger partial charge in [0.05, 0.1) is 11.7 Å². The Kier molecular flexibility index (Phi) is 3.64. The molecule has 2 rings (SSSR count). The molecule has 8 nitrogen and oxygen atoms in total. The van der Waals surface area contributed by atoms with Crippen molar-refractivity contribution >= 4 is 11.8 Å². The largest absolute Gasteiger partial charge is 0.478 e. The molecule has 0 saturated carbocycles. The van der Waals surface area contributed by atoms with Crippen LogP contribution in [0.5, 0.6) is 0 Å². The Morgan fingerprint density at radius 2 is 2.05 bits per heavy atom. The highest BCUT2D eigenvalue weighted by Gasteiger charge is 2.20. The second-order valence-corrected chi connectivity index (χ2v) is 4.61. The standard InChI is InChI=1S/C12H16N6O2/c1-6-7(2)15-16-10(9(6)12(19)20)14-8(3)11-17-13-5-18(11)4/h5,8H,1-4H3,(H,14,16)(H,19,20). The van der Waals surface area contributed by atoms with E-state index in [4.69, 9.17) is 0 Å². The van der Waals surface area contributed by atoms with Crippen LogP contribution in [0.4, 0.5) is 5.82 Å². The first kappa shape index (κ1) is 13.9. The number of nitrogens with zero attached hydrogens (tertiary/aromatic N) is 5. The van der Waals surface area contributed by atoms with Crippen LogP contribution in [0.3, 0.4) is 0 Å². The molecule has 106 valence electrons. The fraction of sp³-hybridized carbons (Fsp3) is 0.417. The Morgan fingerprint density at radius 1 is 1.35 bits per heavy atom. The van der Waals surface area contributed by atoms with Crippen molar-refractivity contribution in [2.45, 2.75) is 26.8 Å². The van der Waals surface area contributed by atoms with E-state index in [-0.39, 0.29) is 17.4 Å². The summed E-state index contributed by atoms with van der Waals surface area (Å²) in [6.07, 6.45) is 1.58. The predicted octanol–water partition coefficient (Wildman–Crippen LogP) is 1.09. The smallest absolute Gasteiger partial charge is 0.339 e. The van der Waals surface area contributed by atoms with Gasteiger partial charge in [-0.25, -0.2) is 4.79 Å². The third-order valence-electron chi connectivity index (χ3n) is 3.16. The van der Waals surface area contributed by atoms with Gasteiger partial charge >= 0.3 is 5.97 Å². The minimum Gasteiger partial charge on any atom is -0.478 e. The quantitative estimate of drug-likeness (QED) is 0.861. The molecule has 0 aliphatic rings. The molecule has 0 amide bonds. The van der Waals surface area contributed by atoms with Gasteiger partial charge in [-0.1, -0.05) is 0 Å². The number of carbonyl (C=O) groups is 1. The van der Waals surface area contributed by atoms with Gasteiger partial charge in [0, 0.05) is 7.05 Å². The van der Waals surface area contributed by atoms with Crippen molar-refractivity contribution in [3.63, 3.8) is 0 Å². The minimum atomic E-state index is -1.03. The maximum absolute atomic E-state index is 11.4. The lowest BCUT2D eigenvalue weighted by atomic mass is 10.1. The first-order valence-corrected chi connectivity index (χ1v) is 6.09. The summed E-state index contributed by atoms with van der Waals surface area (Å²) in [5.74, 6) is -0.120. The highest BCUT2D eigenvalue weighted by atomic mass is 16.4. The lowest BCUT2D eigenvalue weighted by Crippen LogP contribution is -2.17. The van der Waals surface area contributed by atoms with Crippen LogP contribution in [0.2, 0.25) is 0 Å². The van der Waals surface area contributed by atoms with Crippen molar-refractivity contribution < 1.29 is 9.90 Å². The molecule has 20 heavy (non-hydrogen) atoms. The van der Waals surface area contributed by atoms with Crippen LogP contribution in [0.15, 0.2) is 6.33 Å². The summed E-state index contributed by atoms with van der Waals surface area (Å²) < 4.78 is 1.76. The number of hydrogen-bond acceptors (Lipinski definition) is 6. The Morgan fingerprint density at radius 3 is 2.60 bits per heavy atom. The van der Waals surface area contributed by atoms with Gasteiger partial charge in [-0.3, -0.25) is 0 Å². The van der Waals surface area contributed by atoms with E-state index in [1.807, 2.05) is 14.0 Å². The van der Waals surface area contributed by atoms with Crippen LogP contribution in [0.25, 0.3) is 0 Å². The van der Waals surface area contributed by atoms with Crippen molar-refractivity contribution in [1.82, 2.24) is 25.0 Å².